The number of nitrogens with two attached hydrogens (primary N) is 1. The smallest absolute Gasteiger partial charge is 0.312 e. The van der Waals surface area contributed by atoms with E-state index in [0.29, 0.717) is 0 Å². The van der Waals surface area contributed by atoms with Gasteiger partial charge in [0.25, 0.3) is 27.7 Å². The molecule has 0 radical (unpaired) electrons. The average molecular weight is 1040 g/mol. The second kappa shape index (κ2) is 30.0. The topological polar surface area (TPSA) is 320 Å². The fourth-order valence-electron chi connectivity index (χ4n) is 6.90. The van der Waals surface area contributed by atoms with Gasteiger partial charge in [-0.15, -0.1) is 0 Å². The number of primary amides is 1. The van der Waals surface area contributed by atoms with E-state index in [1.165, 1.54) is 49.2 Å². The molecule has 0 bridgehead atoms. The zero-order valence-electron chi connectivity index (χ0n) is 42.0. The first-order chi connectivity index (χ1) is 34.5. The first kappa shape index (κ1) is 60.1. The average Bonchev–Trinajstić information content (AvgIpc) is 3.66. The van der Waals surface area contributed by atoms with Crippen LogP contribution >= 0.6 is 0 Å². The summed E-state index contributed by atoms with van der Waals surface area (Å²) in [5, 5.41) is 12.6. The van der Waals surface area contributed by atoms with E-state index < -0.39 is 69.6 Å². The normalized spacial score (nSPS) is 13.4. The fourth-order valence-corrected chi connectivity index (χ4v) is 7.92. The number of ether oxygens (including phenoxy) is 3. The maximum atomic E-state index is 13.4. The maximum absolute atomic E-state index is 13.4. The minimum Gasteiger partial charge on any atom is -0.379 e. The first-order valence-electron chi connectivity index (χ1n) is 23.4. The number of hydrogen-bond acceptors (Lipinski definition) is 14. The number of nitrogens with zero attached hydrogens (tertiary/aromatic N) is 2. The number of hydrogen-bond donors (Lipinski definition) is 7. The molecule has 2 atom stereocenters. The highest BCUT2D eigenvalue weighted by Crippen LogP contribution is 2.26. The van der Waals surface area contributed by atoms with E-state index in [9.17, 15) is 51.6 Å². The minimum atomic E-state index is -4.44. The Bertz CT molecular complexity index is 2390. The molecule has 0 saturated carbocycles. The van der Waals surface area contributed by atoms with E-state index in [1.54, 1.807) is 12.1 Å². The Morgan fingerprint density at radius 1 is 0.822 bits per heavy atom. The lowest BCUT2D eigenvalue weighted by atomic mass is 9.81. The van der Waals surface area contributed by atoms with E-state index in [4.69, 9.17) is 19.9 Å². The SMILES string of the molecule is C/C(=C\C(C(C)C)N(C)C(=O)CNC(=O)CC(C)(C)c1cc#ccc1)C(=O)NS(=O)(=O)c1ccc(NC(=O)[C@H](CCCNC(N)=O)NC(=O)CNC(=O)CCOCCOCCOCCN2C(=O)C=CC2=O)cc1. The lowest BCUT2D eigenvalue weighted by Crippen LogP contribution is -2.47. The van der Waals surface area contributed by atoms with Crippen LogP contribution in [0.3, 0.4) is 0 Å². The molecule has 73 heavy (non-hydrogen) atoms. The number of benzene rings is 1. The minimum absolute atomic E-state index is 0.00349. The number of likely N-dealkylation sites (N-methyl/N-ethyl adjacent to an activating group) is 1. The number of nitrogens with one attached hydrogen (secondary N) is 6. The van der Waals surface area contributed by atoms with Gasteiger partial charge >= 0.3 is 6.03 Å². The molecule has 2 aromatic rings. The number of carbonyl (C=O) groups is 9. The molecule has 8 N–H and O–H groups in total. The quantitative estimate of drug-likeness (QED) is 0.0296. The summed E-state index contributed by atoms with van der Waals surface area (Å²) in [5.41, 5.74) is 5.64. The van der Waals surface area contributed by atoms with Gasteiger partial charge in [0.2, 0.25) is 29.5 Å². The summed E-state index contributed by atoms with van der Waals surface area (Å²) in [4.78, 5) is 114. The molecule has 1 unspecified atom stereocenters. The lowest BCUT2D eigenvalue weighted by Gasteiger charge is -2.30. The van der Waals surface area contributed by atoms with Gasteiger partial charge in [-0.1, -0.05) is 45.9 Å². The summed E-state index contributed by atoms with van der Waals surface area (Å²) in [6, 6.07) is 13.3. The number of anilines is 1. The molecule has 24 heteroatoms. The van der Waals surface area contributed by atoms with Crippen molar-refractivity contribution in [1.29, 1.82) is 0 Å². The van der Waals surface area contributed by atoms with Crippen molar-refractivity contribution in [2.75, 3.05) is 78.2 Å². The Morgan fingerprint density at radius 3 is 2.04 bits per heavy atom. The molecule has 3 rings (SSSR count). The summed E-state index contributed by atoms with van der Waals surface area (Å²) < 4.78 is 44.7. The van der Waals surface area contributed by atoms with Crippen LogP contribution in [0.15, 0.2) is 71.2 Å². The summed E-state index contributed by atoms with van der Waals surface area (Å²) >= 11 is 0. The molecule has 1 heterocycles. The Labute approximate surface area is 425 Å². The predicted molar refractivity (Wildman–Crippen MR) is 265 cm³/mol. The Morgan fingerprint density at radius 2 is 1.44 bits per heavy atom. The summed E-state index contributed by atoms with van der Waals surface area (Å²) in [6.07, 6.45) is 4.14. The van der Waals surface area contributed by atoms with Crippen LogP contribution in [-0.4, -0.2) is 156 Å². The third-order valence-corrected chi connectivity index (χ3v) is 12.4. The van der Waals surface area contributed by atoms with Crippen LogP contribution in [0, 0.1) is 18.1 Å². The van der Waals surface area contributed by atoms with Gasteiger partial charge in [0.15, 0.2) is 0 Å². The first-order valence-corrected chi connectivity index (χ1v) is 24.9. The number of amides is 10. The van der Waals surface area contributed by atoms with Crippen molar-refractivity contribution in [3.63, 3.8) is 0 Å². The maximum Gasteiger partial charge on any atom is 0.312 e. The van der Waals surface area contributed by atoms with E-state index in [2.05, 4.69) is 38.7 Å². The van der Waals surface area contributed by atoms with Crippen LogP contribution in [-0.2, 0) is 68.0 Å². The van der Waals surface area contributed by atoms with Crippen molar-refractivity contribution in [3.05, 3.63) is 84.0 Å². The molecule has 2 aromatic carbocycles. The number of carbonyl (C=O) groups excluding carboxylic acids is 9. The van der Waals surface area contributed by atoms with Crippen molar-refractivity contribution >= 4 is 69.0 Å². The largest absolute Gasteiger partial charge is 0.379 e. The third-order valence-electron chi connectivity index (χ3n) is 11.1. The third kappa shape index (κ3) is 21.6. The summed E-state index contributed by atoms with van der Waals surface area (Å²) in [6.45, 7) is 9.32. The predicted octanol–water partition coefficient (Wildman–Crippen LogP) is 0.358. The van der Waals surface area contributed by atoms with Gasteiger partial charge in [-0.05, 0) is 79.1 Å². The van der Waals surface area contributed by atoms with Gasteiger partial charge in [0.1, 0.15) is 6.04 Å². The molecular formula is C49H67N9O14S. The summed E-state index contributed by atoms with van der Waals surface area (Å²) in [5.74, 6) is -4.61. The molecule has 1 aliphatic heterocycles. The number of sulfonamides is 1. The molecule has 398 valence electrons. The zero-order chi connectivity index (χ0) is 54.1. The van der Waals surface area contributed by atoms with Gasteiger partial charge < -0.3 is 51.4 Å². The van der Waals surface area contributed by atoms with E-state index in [0.717, 1.165) is 22.6 Å². The second-order valence-electron chi connectivity index (χ2n) is 17.7. The number of urea groups is 1. The number of imide groups is 1. The van der Waals surface area contributed by atoms with Gasteiger partial charge in [-0.3, -0.25) is 43.3 Å². The summed E-state index contributed by atoms with van der Waals surface area (Å²) in [7, 11) is -2.92. The standard InChI is InChI=1S/C49H67N9O14S/c1-33(2)39(57(6)45(64)32-53-41(60)30-49(4,5)35-11-8-7-9-12-35)29-34(3)46(65)56-73(68,69)37-16-14-36(15-17-37)54-47(66)38(13-10-21-51-48(50)67)55-42(61)31-52-40(59)20-23-70-25-27-72-28-26-71-24-22-58-43(62)18-19-44(58)63/h8,11-12,14-19,29,33,38-39H,10,13,20-28,30-32H2,1-6H3,(H,52,59)(H,53,60)(H,54,66)(H,55,61)(H,56,65)(H3,50,51,67)/b34-29+/t38-,39?/m0/s1. The lowest BCUT2D eigenvalue weighted by molar-refractivity contribution is -0.138. The van der Waals surface area contributed by atoms with Crippen LogP contribution in [0.25, 0.3) is 0 Å². The van der Waals surface area contributed by atoms with Crippen LogP contribution in [0.2, 0.25) is 0 Å². The molecule has 0 spiro atoms. The molecule has 0 aliphatic carbocycles. The highest BCUT2D eigenvalue weighted by Gasteiger charge is 2.28. The van der Waals surface area contributed by atoms with Gasteiger partial charge in [0, 0.05) is 49.8 Å². The molecule has 23 nitrogen and oxygen atoms in total. The van der Waals surface area contributed by atoms with Crippen LogP contribution in [0.5, 0.6) is 0 Å². The molecule has 0 aromatic heterocycles. The van der Waals surface area contributed by atoms with E-state index in [1.807, 2.05) is 38.5 Å². The molecule has 0 saturated heterocycles. The zero-order valence-corrected chi connectivity index (χ0v) is 42.8. The van der Waals surface area contributed by atoms with Crippen molar-refractivity contribution in [2.24, 2.45) is 11.7 Å². The van der Waals surface area contributed by atoms with Crippen molar-refractivity contribution in [2.45, 2.75) is 82.7 Å². The number of rotatable bonds is 32. The molecule has 1 aliphatic rings. The molecule has 0 fully saturated rings. The Balaban J connectivity index is 1.46. The highest BCUT2D eigenvalue weighted by molar-refractivity contribution is 7.90. The molecule has 10 amide bonds. The van der Waals surface area contributed by atoms with Gasteiger partial charge in [0.05, 0.1) is 70.2 Å². The van der Waals surface area contributed by atoms with Crippen LogP contribution in [0.4, 0.5) is 10.5 Å². The molecular weight excluding hydrogens is 971 g/mol. The van der Waals surface area contributed by atoms with Gasteiger partial charge in [-0.25, -0.2) is 17.9 Å². The van der Waals surface area contributed by atoms with Crippen LogP contribution in [0.1, 0.15) is 65.9 Å². The van der Waals surface area contributed by atoms with Crippen LogP contribution < -0.4 is 37.0 Å². The van der Waals surface area contributed by atoms with E-state index >= 15 is 0 Å². The van der Waals surface area contributed by atoms with Crippen molar-refractivity contribution < 1.29 is 65.8 Å². The van der Waals surface area contributed by atoms with Gasteiger partial charge in [-0.2, -0.15) is 0 Å². The fraction of sp³-hybridized carbons (Fsp3) is 0.490. The van der Waals surface area contributed by atoms with E-state index in [-0.39, 0.29) is 125 Å². The Hall–Kier alpha value is -7.20. The monoisotopic (exact) mass is 1040 g/mol. The Kier molecular flexibility index (Phi) is 24.7. The van der Waals surface area contributed by atoms with Crippen molar-refractivity contribution in [1.82, 2.24) is 35.8 Å². The second-order valence-corrected chi connectivity index (χ2v) is 19.4. The van der Waals surface area contributed by atoms with Crippen molar-refractivity contribution in [3.8, 4) is 0 Å². The highest BCUT2D eigenvalue weighted by atomic mass is 32.2.